The molecule has 1 aromatic carbocycles. The second-order valence-corrected chi connectivity index (χ2v) is 3.46. The lowest BCUT2D eigenvalue weighted by atomic mass is 10.1. The lowest BCUT2D eigenvalue weighted by Crippen LogP contribution is -2.02. The number of nitrogens with zero attached hydrogens (tertiary/aromatic N) is 1. The molecule has 15 heavy (non-hydrogen) atoms. The largest absolute Gasteiger partial charge is 0.508 e. The first-order valence-corrected chi connectivity index (χ1v) is 4.65. The molecule has 5 nitrogen and oxygen atoms in total. The van der Waals surface area contributed by atoms with E-state index in [1.165, 1.54) is 18.2 Å². The van der Waals surface area contributed by atoms with E-state index in [4.69, 9.17) is 5.11 Å². The van der Waals surface area contributed by atoms with Crippen LogP contribution in [0.2, 0.25) is 0 Å². The summed E-state index contributed by atoms with van der Waals surface area (Å²) in [4.78, 5) is 9.97. The second kappa shape index (κ2) is 4.75. The number of benzene rings is 1. The van der Waals surface area contributed by atoms with Crippen molar-refractivity contribution in [3.8, 4) is 5.75 Å². The van der Waals surface area contributed by atoms with Crippen LogP contribution in [0.3, 0.4) is 0 Å². The number of phenolic OH excluding ortho intramolecular Hbond substituents is 1. The van der Waals surface area contributed by atoms with E-state index < -0.39 is 11.0 Å². The van der Waals surface area contributed by atoms with Gasteiger partial charge >= 0.3 is 0 Å². The predicted molar refractivity (Wildman–Crippen MR) is 54.8 cm³/mol. The van der Waals surface area contributed by atoms with Gasteiger partial charge in [0.05, 0.1) is 11.0 Å². The average molecular weight is 211 g/mol. The molecule has 0 heterocycles. The summed E-state index contributed by atoms with van der Waals surface area (Å²) < 4.78 is 0. The van der Waals surface area contributed by atoms with Gasteiger partial charge in [0.1, 0.15) is 5.75 Å². The van der Waals surface area contributed by atoms with E-state index in [1.54, 1.807) is 6.92 Å². The van der Waals surface area contributed by atoms with Gasteiger partial charge in [0, 0.05) is 17.7 Å². The van der Waals surface area contributed by atoms with Crippen LogP contribution >= 0.6 is 0 Å². The SMILES string of the molecule is C[C@H](O)CCc1cc([N+](=O)[O-])ccc1O. The zero-order chi connectivity index (χ0) is 11.4. The summed E-state index contributed by atoms with van der Waals surface area (Å²) >= 11 is 0. The van der Waals surface area contributed by atoms with E-state index in [0.717, 1.165) is 0 Å². The number of nitro groups is 1. The Bertz CT molecular complexity index is 362. The molecule has 0 spiro atoms. The Morgan fingerprint density at radius 2 is 2.20 bits per heavy atom. The summed E-state index contributed by atoms with van der Waals surface area (Å²) in [7, 11) is 0. The van der Waals surface area contributed by atoms with Crippen molar-refractivity contribution >= 4 is 5.69 Å². The van der Waals surface area contributed by atoms with Crippen LogP contribution in [-0.2, 0) is 6.42 Å². The Kier molecular flexibility index (Phi) is 3.62. The van der Waals surface area contributed by atoms with Gasteiger partial charge in [-0.1, -0.05) is 0 Å². The van der Waals surface area contributed by atoms with Crippen LogP contribution < -0.4 is 0 Å². The third-order valence-electron chi connectivity index (χ3n) is 2.11. The highest BCUT2D eigenvalue weighted by Gasteiger charge is 2.10. The third kappa shape index (κ3) is 3.21. The zero-order valence-electron chi connectivity index (χ0n) is 8.38. The lowest BCUT2D eigenvalue weighted by molar-refractivity contribution is -0.384. The number of aliphatic hydroxyl groups is 1. The molecule has 0 aliphatic carbocycles. The normalized spacial score (nSPS) is 12.4. The molecule has 0 unspecified atom stereocenters. The van der Waals surface area contributed by atoms with E-state index in [1.807, 2.05) is 0 Å². The van der Waals surface area contributed by atoms with Crippen molar-refractivity contribution in [2.24, 2.45) is 0 Å². The molecule has 1 rings (SSSR count). The Hall–Kier alpha value is -1.62. The summed E-state index contributed by atoms with van der Waals surface area (Å²) in [5.41, 5.74) is 0.443. The predicted octanol–water partition coefficient (Wildman–Crippen LogP) is 1.61. The number of nitro benzene ring substituents is 1. The van der Waals surface area contributed by atoms with Gasteiger partial charge in [0.2, 0.25) is 0 Å². The van der Waals surface area contributed by atoms with E-state index in [2.05, 4.69) is 0 Å². The van der Waals surface area contributed by atoms with Crippen molar-refractivity contribution in [3.05, 3.63) is 33.9 Å². The maximum Gasteiger partial charge on any atom is 0.269 e. The quantitative estimate of drug-likeness (QED) is 0.585. The van der Waals surface area contributed by atoms with E-state index in [0.29, 0.717) is 18.4 Å². The highest BCUT2D eigenvalue weighted by molar-refractivity contribution is 5.43. The summed E-state index contributed by atoms with van der Waals surface area (Å²) in [6.45, 7) is 1.63. The van der Waals surface area contributed by atoms with Crippen molar-refractivity contribution in [3.63, 3.8) is 0 Å². The van der Waals surface area contributed by atoms with Crippen LogP contribution in [0.15, 0.2) is 18.2 Å². The van der Waals surface area contributed by atoms with Gasteiger partial charge in [-0.05, 0) is 25.8 Å². The number of non-ortho nitro benzene ring substituents is 1. The van der Waals surface area contributed by atoms with Crippen LogP contribution in [0.25, 0.3) is 0 Å². The van der Waals surface area contributed by atoms with Gasteiger partial charge < -0.3 is 10.2 Å². The monoisotopic (exact) mass is 211 g/mol. The number of hydrogen-bond acceptors (Lipinski definition) is 4. The molecular weight excluding hydrogens is 198 g/mol. The molecule has 1 atom stereocenters. The minimum atomic E-state index is -0.509. The highest BCUT2D eigenvalue weighted by Crippen LogP contribution is 2.24. The van der Waals surface area contributed by atoms with Gasteiger partial charge in [-0.2, -0.15) is 0 Å². The van der Waals surface area contributed by atoms with Crippen LogP contribution in [0.1, 0.15) is 18.9 Å². The standard InChI is InChI=1S/C10H13NO4/c1-7(12)2-3-8-6-9(11(14)15)4-5-10(8)13/h4-7,12-13H,2-3H2,1H3/t7-/m0/s1. The van der Waals surface area contributed by atoms with Crippen molar-refractivity contribution in [1.82, 2.24) is 0 Å². The molecule has 1 aromatic rings. The van der Waals surface area contributed by atoms with Gasteiger partial charge in [-0.15, -0.1) is 0 Å². The Morgan fingerprint density at radius 1 is 1.53 bits per heavy atom. The Balaban J connectivity index is 2.85. The molecule has 2 N–H and O–H groups in total. The minimum Gasteiger partial charge on any atom is -0.508 e. The highest BCUT2D eigenvalue weighted by atomic mass is 16.6. The first-order valence-electron chi connectivity index (χ1n) is 4.65. The summed E-state index contributed by atoms with van der Waals surface area (Å²) in [5.74, 6) is 0.0289. The summed E-state index contributed by atoms with van der Waals surface area (Å²) in [6.07, 6.45) is 0.406. The molecule has 0 aromatic heterocycles. The third-order valence-corrected chi connectivity index (χ3v) is 2.11. The Morgan fingerprint density at radius 3 is 2.73 bits per heavy atom. The number of rotatable bonds is 4. The fraction of sp³-hybridized carbons (Fsp3) is 0.400. The lowest BCUT2D eigenvalue weighted by Gasteiger charge is -2.05. The minimum absolute atomic E-state index is 0.0289. The fourth-order valence-corrected chi connectivity index (χ4v) is 1.25. The second-order valence-electron chi connectivity index (χ2n) is 3.46. The molecule has 0 bridgehead atoms. The average Bonchev–Trinajstić information content (AvgIpc) is 2.16. The van der Waals surface area contributed by atoms with Gasteiger partial charge in [-0.3, -0.25) is 10.1 Å². The van der Waals surface area contributed by atoms with E-state index >= 15 is 0 Å². The summed E-state index contributed by atoms with van der Waals surface area (Å²) in [5, 5.41) is 29.0. The maximum absolute atomic E-state index is 10.5. The molecule has 0 amide bonds. The van der Waals surface area contributed by atoms with Crippen molar-refractivity contribution < 1.29 is 15.1 Å². The van der Waals surface area contributed by atoms with E-state index in [9.17, 15) is 15.2 Å². The molecule has 0 fully saturated rings. The first-order chi connectivity index (χ1) is 7.00. The number of hydrogen-bond donors (Lipinski definition) is 2. The molecular formula is C10H13NO4. The van der Waals surface area contributed by atoms with Gasteiger partial charge in [-0.25, -0.2) is 0 Å². The van der Waals surface area contributed by atoms with Gasteiger partial charge in [0.15, 0.2) is 0 Å². The molecule has 0 saturated heterocycles. The van der Waals surface area contributed by atoms with Crippen LogP contribution in [-0.4, -0.2) is 21.2 Å². The summed E-state index contributed by atoms with van der Waals surface area (Å²) in [6, 6.07) is 3.88. The molecule has 0 saturated carbocycles. The Labute approximate surface area is 87.1 Å². The smallest absolute Gasteiger partial charge is 0.269 e. The topological polar surface area (TPSA) is 83.6 Å². The number of phenols is 1. The molecule has 0 aliphatic rings. The number of aromatic hydroxyl groups is 1. The maximum atomic E-state index is 10.5. The molecule has 0 radical (unpaired) electrons. The van der Waals surface area contributed by atoms with Crippen LogP contribution in [0.5, 0.6) is 5.75 Å². The molecule has 0 aliphatic heterocycles. The van der Waals surface area contributed by atoms with Gasteiger partial charge in [0.25, 0.3) is 5.69 Å². The number of aryl methyl sites for hydroxylation is 1. The fourth-order valence-electron chi connectivity index (χ4n) is 1.25. The van der Waals surface area contributed by atoms with Crippen molar-refractivity contribution in [1.29, 1.82) is 0 Å². The van der Waals surface area contributed by atoms with Crippen LogP contribution in [0, 0.1) is 10.1 Å². The van der Waals surface area contributed by atoms with Crippen LogP contribution in [0.4, 0.5) is 5.69 Å². The zero-order valence-corrected chi connectivity index (χ0v) is 8.38. The molecule has 5 heteroatoms. The number of aliphatic hydroxyl groups excluding tert-OH is 1. The van der Waals surface area contributed by atoms with Crippen molar-refractivity contribution in [2.45, 2.75) is 25.9 Å². The van der Waals surface area contributed by atoms with E-state index in [-0.39, 0.29) is 11.4 Å². The van der Waals surface area contributed by atoms with Crippen molar-refractivity contribution in [2.75, 3.05) is 0 Å². The molecule has 82 valence electrons. The first kappa shape index (κ1) is 11.5.